The zero-order chi connectivity index (χ0) is 18.1. The second-order valence-corrected chi connectivity index (χ2v) is 7.85. The molecular weight excluding hydrogens is 410 g/mol. The molecule has 0 N–H and O–H groups in total. The van der Waals surface area contributed by atoms with Crippen LogP contribution in [0, 0.1) is 0 Å². The largest absolute Gasteiger partial charge is 0.307 e. The van der Waals surface area contributed by atoms with Crippen LogP contribution < -0.4 is 4.90 Å². The molecule has 4 rings (SSSR count). The van der Waals surface area contributed by atoms with Gasteiger partial charge in [-0.05, 0) is 53.4 Å². The van der Waals surface area contributed by atoms with E-state index in [1.807, 2.05) is 65.6 Å². The normalized spacial score (nSPS) is 16.0. The molecule has 1 heterocycles. The minimum Gasteiger partial charge on any atom is -0.307 e. The smallest absolute Gasteiger partial charge is 0.235 e. The van der Waals surface area contributed by atoms with Crippen LogP contribution in [0.15, 0.2) is 77.3 Å². The van der Waals surface area contributed by atoms with E-state index in [9.17, 15) is 4.79 Å². The molecular formula is C22H17BrClNO. The van der Waals surface area contributed by atoms with Gasteiger partial charge in [0.05, 0.1) is 12.5 Å². The van der Waals surface area contributed by atoms with Gasteiger partial charge in [0.15, 0.2) is 0 Å². The van der Waals surface area contributed by atoms with Crippen molar-refractivity contribution in [3.8, 4) is 0 Å². The monoisotopic (exact) mass is 425 g/mol. The first-order valence-electron chi connectivity index (χ1n) is 8.51. The lowest BCUT2D eigenvalue weighted by Gasteiger charge is -2.18. The zero-order valence-electron chi connectivity index (χ0n) is 14.0. The third-order valence-electron chi connectivity index (χ3n) is 4.73. The maximum Gasteiger partial charge on any atom is 0.235 e. The summed E-state index contributed by atoms with van der Waals surface area (Å²) in [5, 5.41) is 0.664. The second kappa shape index (κ2) is 7.26. The maximum atomic E-state index is 13.2. The molecule has 26 heavy (non-hydrogen) atoms. The average Bonchev–Trinajstić information content (AvgIpc) is 2.88. The van der Waals surface area contributed by atoms with Crippen LogP contribution in [-0.2, 0) is 17.8 Å². The van der Waals surface area contributed by atoms with Crippen molar-refractivity contribution in [2.24, 2.45) is 0 Å². The molecule has 3 aromatic carbocycles. The molecule has 1 unspecified atom stereocenters. The number of anilines is 1. The summed E-state index contributed by atoms with van der Waals surface area (Å²) in [5.41, 5.74) is 4.22. The summed E-state index contributed by atoms with van der Waals surface area (Å²) < 4.78 is 1.02. The Balaban J connectivity index is 1.69. The summed E-state index contributed by atoms with van der Waals surface area (Å²) in [6, 6.07) is 23.9. The first-order chi connectivity index (χ1) is 12.6. The van der Waals surface area contributed by atoms with Crippen LogP contribution in [0.2, 0.25) is 5.02 Å². The van der Waals surface area contributed by atoms with Crippen molar-refractivity contribution in [1.29, 1.82) is 0 Å². The van der Waals surface area contributed by atoms with Gasteiger partial charge in [0.2, 0.25) is 5.91 Å². The molecule has 1 aliphatic heterocycles. The Bertz CT molecular complexity index is 957. The highest BCUT2D eigenvalue weighted by molar-refractivity contribution is 9.10. The molecule has 3 aromatic rings. The number of hydrogen-bond acceptors (Lipinski definition) is 1. The number of halogens is 2. The van der Waals surface area contributed by atoms with Crippen molar-refractivity contribution in [3.05, 3.63) is 99.0 Å². The molecule has 0 aliphatic carbocycles. The van der Waals surface area contributed by atoms with E-state index in [0.29, 0.717) is 18.0 Å². The molecule has 0 bridgehead atoms. The summed E-state index contributed by atoms with van der Waals surface area (Å²) in [5.74, 6) is -0.0761. The Kier molecular flexibility index (Phi) is 4.84. The summed E-state index contributed by atoms with van der Waals surface area (Å²) in [4.78, 5) is 15.1. The number of rotatable bonds is 4. The minimum atomic E-state index is -0.207. The van der Waals surface area contributed by atoms with Gasteiger partial charge in [-0.1, -0.05) is 70.0 Å². The van der Waals surface area contributed by atoms with Gasteiger partial charge in [0, 0.05) is 15.2 Å². The lowest BCUT2D eigenvalue weighted by molar-refractivity contribution is -0.119. The molecule has 1 atom stereocenters. The van der Waals surface area contributed by atoms with Gasteiger partial charge in [0.1, 0.15) is 0 Å². The highest BCUT2D eigenvalue weighted by atomic mass is 79.9. The first-order valence-corrected chi connectivity index (χ1v) is 9.68. The standard InChI is InChI=1S/C22H17BrClNO/c23-17-8-4-7-16(11-17)12-20-19-13-18(24)9-10-21(19)25(22(20)26)14-15-5-2-1-3-6-15/h1-11,13,20H,12,14H2. The fourth-order valence-electron chi connectivity index (χ4n) is 3.52. The molecule has 0 saturated carbocycles. The van der Waals surface area contributed by atoms with Gasteiger partial charge in [-0.2, -0.15) is 0 Å². The molecule has 1 amide bonds. The van der Waals surface area contributed by atoms with Crippen molar-refractivity contribution >= 4 is 39.1 Å². The van der Waals surface area contributed by atoms with Crippen molar-refractivity contribution in [2.75, 3.05) is 4.90 Å². The van der Waals surface area contributed by atoms with Gasteiger partial charge in [-0.25, -0.2) is 0 Å². The third kappa shape index (κ3) is 3.42. The van der Waals surface area contributed by atoms with E-state index >= 15 is 0 Å². The molecule has 4 heteroatoms. The molecule has 130 valence electrons. The minimum absolute atomic E-state index is 0.131. The highest BCUT2D eigenvalue weighted by Gasteiger charge is 2.37. The number of amides is 1. The molecule has 0 radical (unpaired) electrons. The van der Waals surface area contributed by atoms with Crippen LogP contribution in [0.5, 0.6) is 0 Å². The van der Waals surface area contributed by atoms with Gasteiger partial charge >= 0.3 is 0 Å². The predicted molar refractivity (Wildman–Crippen MR) is 110 cm³/mol. The van der Waals surface area contributed by atoms with Gasteiger partial charge in [-0.15, -0.1) is 0 Å². The zero-order valence-corrected chi connectivity index (χ0v) is 16.4. The Morgan fingerprint density at radius 1 is 0.923 bits per heavy atom. The summed E-state index contributed by atoms with van der Waals surface area (Å²) in [6.45, 7) is 0.573. The van der Waals surface area contributed by atoms with Gasteiger partial charge in [0.25, 0.3) is 0 Å². The quantitative estimate of drug-likeness (QED) is 0.503. The number of carbonyl (C=O) groups is 1. The summed E-state index contributed by atoms with van der Waals surface area (Å²) >= 11 is 9.74. The van der Waals surface area contributed by atoms with E-state index in [1.54, 1.807) is 0 Å². The lowest BCUT2D eigenvalue weighted by atomic mass is 9.93. The Hall–Kier alpha value is -2.10. The third-order valence-corrected chi connectivity index (χ3v) is 5.46. The van der Waals surface area contributed by atoms with Crippen LogP contribution in [0.3, 0.4) is 0 Å². The second-order valence-electron chi connectivity index (χ2n) is 6.50. The topological polar surface area (TPSA) is 20.3 Å². The lowest BCUT2D eigenvalue weighted by Crippen LogP contribution is -2.28. The number of fused-ring (bicyclic) bond motifs is 1. The van der Waals surface area contributed by atoms with E-state index < -0.39 is 0 Å². The number of nitrogens with zero attached hydrogens (tertiary/aromatic N) is 1. The Morgan fingerprint density at radius 2 is 1.69 bits per heavy atom. The molecule has 0 fully saturated rings. The van der Waals surface area contributed by atoms with Crippen LogP contribution in [0.4, 0.5) is 5.69 Å². The fourth-order valence-corrected chi connectivity index (χ4v) is 4.14. The first kappa shape index (κ1) is 17.3. The average molecular weight is 427 g/mol. The van der Waals surface area contributed by atoms with E-state index in [-0.39, 0.29) is 11.8 Å². The van der Waals surface area contributed by atoms with Gasteiger partial charge < -0.3 is 4.90 Å². The van der Waals surface area contributed by atoms with Crippen molar-refractivity contribution < 1.29 is 4.79 Å². The molecule has 0 saturated heterocycles. The van der Waals surface area contributed by atoms with Crippen LogP contribution in [0.25, 0.3) is 0 Å². The van der Waals surface area contributed by atoms with Crippen LogP contribution in [-0.4, -0.2) is 5.91 Å². The number of benzene rings is 3. The molecule has 1 aliphatic rings. The van der Waals surface area contributed by atoms with Crippen molar-refractivity contribution in [3.63, 3.8) is 0 Å². The van der Waals surface area contributed by atoms with Crippen molar-refractivity contribution in [2.45, 2.75) is 18.9 Å². The number of hydrogen-bond donors (Lipinski definition) is 0. The predicted octanol–water partition coefficient (Wildman–Crippen LogP) is 5.98. The summed E-state index contributed by atoms with van der Waals surface area (Å²) in [6.07, 6.45) is 0.664. The fraction of sp³-hybridized carbons (Fsp3) is 0.136. The van der Waals surface area contributed by atoms with Crippen molar-refractivity contribution in [1.82, 2.24) is 0 Å². The van der Waals surface area contributed by atoms with E-state index in [2.05, 4.69) is 28.1 Å². The highest BCUT2D eigenvalue weighted by Crippen LogP contribution is 2.41. The van der Waals surface area contributed by atoms with E-state index in [1.165, 1.54) is 0 Å². The van der Waals surface area contributed by atoms with Crippen LogP contribution >= 0.6 is 27.5 Å². The Morgan fingerprint density at radius 3 is 2.46 bits per heavy atom. The van der Waals surface area contributed by atoms with Crippen LogP contribution in [0.1, 0.15) is 22.6 Å². The van der Waals surface area contributed by atoms with Gasteiger partial charge in [-0.3, -0.25) is 4.79 Å². The van der Waals surface area contributed by atoms with E-state index in [0.717, 1.165) is 26.9 Å². The maximum absolute atomic E-state index is 13.2. The molecule has 0 spiro atoms. The Labute approximate surface area is 166 Å². The number of carbonyl (C=O) groups excluding carboxylic acids is 1. The molecule has 2 nitrogen and oxygen atoms in total. The molecule has 0 aromatic heterocycles. The summed E-state index contributed by atoms with van der Waals surface area (Å²) in [7, 11) is 0. The van der Waals surface area contributed by atoms with E-state index in [4.69, 9.17) is 11.6 Å². The SMILES string of the molecule is O=C1C(Cc2cccc(Br)c2)c2cc(Cl)ccc2N1Cc1ccccc1.